The molecular weight excluding hydrogens is 375 g/mol. The lowest BCUT2D eigenvalue weighted by atomic mass is 10.1. The SMILES string of the molecule is CCCC1CC1NC(=NC)NC1CN(C(C)C)CC1C.I. The average Bonchev–Trinajstić information content (AvgIpc) is 3.02. The van der Waals surface area contributed by atoms with E-state index in [4.69, 9.17) is 0 Å². The maximum Gasteiger partial charge on any atom is 0.191 e. The second-order valence-corrected chi connectivity index (χ2v) is 6.88. The molecule has 0 radical (unpaired) electrons. The largest absolute Gasteiger partial charge is 0.353 e. The fourth-order valence-corrected chi connectivity index (χ4v) is 3.25. The molecule has 0 aromatic heterocycles. The highest BCUT2D eigenvalue weighted by Gasteiger charge is 2.37. The highest BCUT2D eigenvalue weighted by molar-refractivity contribution is 14.0. The van der Waals surface area contributed by atoms with Crippen molar-refractivity contribution in [3.05, 3.63) is 0 Å². The molecule has 2 aliphatic rings. The van der Waals surface area contributed by atoms with Gasteiger partial charge in [-0.2, -0.15) is 0 Å². The normalized spacial score (nSPS) is 33.0. The molecule has 124 valence electrons. The van der Waals surface area contributed by atoms with Crippen molar-refractivity contribution < 1.29 is 0 Å². The Hall–Kier alpha value is -0.0400. The fraction of sp³-hybridized carbons (Fsp3) is 0.938. The number of hydrogen-bond acceptors (Lipinski definition) is 2. The molecule has 2 N–H and O–H groups in total. The average molecular weight is 408 g/mol. The van der Waals surface area contributed by atoms with Crippen LogP contribution in [0.2, 0.25) is 0 Å². The lowest BCUT2D eigenvalue weighted by Gasteiger charge is -2.22. The molecule has 0 amide bonds. The van der Waals surface area contributed by atoms with Gasteiger partial charge in [0.25, 0.3) is 0 Å². The van der Waals surface area contributed by atoms with E-state index < -0.39 is 0 Å². The van der Waals surface area contributed by atoms with Crippen LogP contribution in [0.1, 0.15) is 47.0 Å². The summed E-state index contributed by atoms with van der Waals surface area (Å²) >= 11 is 0. The van der Waals surface area contributed by atoms with Gasteiger partial charge in [0.15, 0.2) is 5.96 Å². The maximum absolute atomic E-state index is 4.41. The molecular formula is C16H33IN4. The van der Waals surface area contributed by atoms with Gasteiger partial charge in [0, 0.05) is 38.3 Å². The van der Waals surface area contributed by atoms with Crippen LogP contribution in [0.25, 0.3) is 0 Å². The summed E-state index contributed by atoms with van der Waals surface area (Å²) in [5.74, 6) is 2.55. The van der Waals surface area contributed by atoms with Gasteiger partial charge in [-0.15, -0.1) is 24.0 Å². The standard InChI is InChI=1S/C16H32N4.HI/c1-6-7-13-8-14(13)18-16(17-5)19-15-10-20(11(2)3)9-12(15)4;/h11-15H,6-10H2,1-5H3,(H2,17,18,19);1H. The second kappa shape index (κ2) is 8.56. The number of nitrogens with zero attached hydrogens (tertiary/aromatic N) is 2. The number of halogens is 1. The van der Waals surface area contributed by atoms with Crippen LogP contribution in [-0.2, 0) is 0 Å². The van der Waals surface area contributed by atoms with Crippen molar-refractivity contribution in [1.82, 2.24) is 15.5 Å². The molecule has 2 fully saturated rings. The minimum Gasteiger partial charge on any atom is -0.353 e. The monoisotopic (exact) mass is 408 g/mol. The Morgan fingerprint density at radius 1 is 1.24 bits per heavy atom. The van der Waals surface area contributed by atoms with E-state index in [0.717, 1.165) is 18.4 Å². The van der Waals surface area contributed by atoms with Crippen LogP contribution in [0, 0.1) is 11.8 Å². The number of guanidine groups is 1. The van der Waals surface area contributed by atoms with E-state index in [1.54, 1.807) is 0 Å². The molecule has 1 heterocycles. The van der Waals surface area contributed by atoms with Gasteiger partial charge in [0.2, 0.25) is 0 Å². The Morgan fingerprint density at radius 2 is 1.90 bits per heavy atom. The number of nitrogens with one attached hydrogen (secondary N) is 2. The maximum atomic E-state index is 4.41. The first-order valence-electron chi connectivity index (χ1n) is 8.29. The Balaban J connectivity index is 0.00000220. The lowest BCUT2D eigenvalue weighted by Crippen LogP contribution is -2.47. The summed E-state index contributed by atoms with van der Waals surface area (Å²) in [5, 5.41) is 7.22. The minimum absolute atomic E-state index is 0. The van der Waals surface area contributed by atoms with Gasteiger partial charge in [-0.25, -0.2) is 0 Å². The Bertz CT molecular complexity index is 345. The van der Waals surface area contributed by atoms with Crippen LogP contribution in [0.4, 0.5) is 0 Å². The Morgan fingerprint density at radius 3 is 2.43 bits per heavy atom. The zero-order valence-electron chi connectivity index (χ0n) is 14.2. The van der Waals surface area contributed by atoms with Crippen LogP contribution in [0.5, 0.6) is 0 Å². The summed E-state index contributed by atoms with van der Waals surface area (Å²) in [6.45, 7) is 11.5. The van der Waals surface area contributed by atoms with Gasteiger partial charge in [0.05, 0.1) is 0 Å². The van der Waals surface area contributed by atoms with Crippen molar-refractivity contribution >= 4 is 29.9 Å². The van der Waals surface area contributed by atoms with Gasteiger partial charge < -0.3 is 10.6 Å². The van der Waals surface area contributed by atoms with Crippen molar-refractivity contribution in [2.24, 2.45) is 16.8 Å². The van der Waals surface area contributed by atoms with Crippen LogP contribution >= 0.6 is 24.0 Å². The lowest BCUT2D eigenvalue weighted by molar-refractivity contribution is 0.265. The Labute approximate surface area is 147 Å². The van der Waals surface area contributed by atoms with E-state index in [9.17, 15) is 0 Å². The van der Waals surface area contributed by atoms with Gasteiger partial charge in [0.1, 0.15) is 0 Å². The number of likely N-dealkylation sites (tertiary alicyclic amines) is 1. The molecule has 4 unspecified atom stereocenters. The molecule has 4 nitrogen and oxygen atoms in total. The summed E-state index contributed by atoms with van der Waals surface area (Å²) in [6.07, 6.45) is 3.94. The summed E-state index contributed by atoms with van der Waals surface area (Å²) in [7, 11) is 1.88. The molecule has 1 aliphatic carbocycles. The topological polar surface area (TPSA) is 39.7 Å². The molecule has 21 heavy (non-hydrogen) atoms. The molecule has 0 aromatic rings. The van der Waals surface area contributed by atoms with E-state index in [0.29, 0.717) is 24.0 Å². The number of aliphatic imine (C=N–C) groups is 1. The summed E-state index contributed by atoms with van der Waals surface area (Å²) < 4.78 is 0. The van der Waals surface area contributed by atoms with Crippen LogP contribution in [0.15, 0.2) is 4.99 Å². The summed E-state index contributed by atoms with van der Waals surface area (Å²) in [6, 6.07) is 1.81. The molecule has 0 spiro atoms. The zero-order chi connectivity index (χ0) is 14.7. The minimum atomic E-state index is 0. The highest BCUT2D eigenvalue weighted by Crippen LogP contribution is 2.34. The Kier molecular flexibility index (Phi) is 7.74. The molecule has 0 aromatic carbocycles. The molecule has 0 bridgehead atoms. The first kappa shape index (κ1) is 19.0. The predicted molar refractivity (Wildman–Crippen MR) is 102 cm³/mol. The summed E-state index contributed by atoms with van der Waals surface area (Å²) in [5.41, 5.74) is 0. The van der Waals surface area contributed by atoms with E-state index in [2.05, 4.69) is 48.2 Å². The van der Waals surface area contributed by atoms with E-state index in [-0.39, 0.29) is 24.0 Å². The molecule has 1 saturated carbocycles. The molecule has 1 saturated heterocycles. The summed E-state index contributed by atoms with van der Waals surface area (Å²) in [4.78, 5) is 6.95. The van der Waals surface area contributed by atoms with Gasteiger partial charge in [-0.3, -0.25) is 9.89 Å². The molecule has 4 atom stereocenters. The molecule has 2 rings (SSSR count). The predicted octanol–water partition coefficient (Wildman–Crippen LogP) is 2.69. The third kappa shape index (κ3) is 5.27. The molecule has 5 heteroatoms. The van der Waals surface area contributed by atoms with Crippen molar-refractivity contribution in [2.75, 3.05) is 20.1 Å². The van der Waals surface area contributed by atoms with E-state index in [1.165, 1.54) is 25.8 Å². The van der Waals surface area contributed by atoms with E-state index in [1.807, 2.05) is 7.05 Å². The third-order valence-corrected chi connectivity index (χ3v) is 4.82. The highest BCUT2D eigenvalue weighted by atomic mass is 127. The third-order valence-electron chi connectivity index (χ3n) is 4.82. The molecule has 1 aliphatic heterocycles. The first-order valence-corrected chi connectivity index (χ1v) is 8.29. The first-order chi connectivity index (χ1) is 9.55. The van der Waals surface area contributed by atoms with Gasteiger partial charge in [-0.1, -0.05) is 20.3 Å². The van der Waals surface area contributed by atoms with Crippen molar-refractivity contribution in [3.63, 3.8) is 0 Å². The quantitative estimate of drug-likeness (QED) is 0.418. The smallest absolute Gasteiger partial charge is 0.191 e. The fourth-order valence-electron chi connectivity index (χ4n) is 3.25. The number of hydrogen-bond donors (Lipinski definition) is 2. The van der Waals surface area contributed by atoms with Crippen LogP contribution in [-0.4, -0.2) is 49.1 Å². The van der Waals surface area contributed by atoms with Crippen molar-refractivity contribution in [2.45, 2.75) is 65.1 Å². The van der Waals surface area contributed by atoms with Crippen LogP contribution < -0.4 is 10.6 Å². The van der Waals surface area contributed by atoms with Gasteiger partial charge >= 0.3 is 0 Å². The van der Waals surface area contributed by atoms with Crippen molar-refractivity contribution in [1.29, 1.82) is 0 Å². The van der Waals surface area contributed by atoms with Crippen LogP contribution in [0.3, 0.4) is 0 Å². The van der Waals surface area contributed by atoms with E-state index >= 15 is 0 Å². The second-order valence-electron chi connectivity index (χ2n) is 6.88. The van der Waals surface area contributed by atoms with Gasteiger partial charge in [-0.05, 0) is 38.5 Å². The number of rotatable bonds is 5. The zero-order valence-corrected chi connectivity index (χ0v) is 16.6. The van der Waals surface area contributed by atoms with Crippen molar-refractivity contribution in [3.8, 4) is 0 Å².